The third-order valence-corrected chi connectivity index (χ3v) is 3.98. The largest absolute Gasteiger partial charge is 0.391 e. The van der Waals surface area contributed by atoms with Gasteiger partial charge in [-0.2, -0.15) is 0 Å². The van der Waals surface area contributed by atoms with E-state index in [0.29, 0.717) is 25.3 Å². The molecule has 1 fully saturated rings. The van der Waals surface area contributed by atoms with Gasteiger partial charge in [0, 0.05) is 37.8 Å². The molecule has 1 aromatic carbocycles. The molecule has 3 amide bonds. The zero-order chi connectivity index (χ0) is 17.4. The fourth-order valence-corrected chi connectivity index (χ4v) is 2.54. The number of benzene rings is 1. The number of amides is 3. The van der Waals surface area contributed by atoms with Crippen LogP contribution in [0.25, 0.3) is 0 Å². The number of carbonyl (C=O) groups is 2. The highest BCUT2D eigenvalue weighted by atomic mass is 35.5. The van der Waals surface area contributed by atoms with E-state index in [9.17, 15) is 14.7 Å². The standard InChI is InChI=1S/C17H26N4O3.ClH/c1-2-7-19-17(24)21-14-5-3-12(4-6-14)8-16(23)20-10-13-9-18-11-15(13)22;/h3-6,13,15,18,22H,2,7-11H2,1H3,(H,20,23)(H2,19,21,24);1H. The Morgan fingerprint density at radius 3 is 2.52 bits per heavy atom. The number of halogens is 1. The summed E-state index contributed by atoms with van der Waals surface area (Å²) in [4.78, 5) is 23.5. The van der Waals surface area contributed by atoms with Gasteiger partial charge in [0.1, 0.15) is 0 Å². The molecule has 0 radical (unpaired) electrons. The first-order valence-electron chi connectivity index (χ1n) is 8.37. The summed E-state index contributed by atoms with van der Waals surface area (Å²) >= 11 is 0. The maximum atomic E-state index is 12.0. The lowest BCUT2D eigenvalue weighted by atomic mass is 10.1. The van der Waals surface area contributed by atoms with Crippen molar-refractivity contribution in [1.82, 2.24) is 16.0 Å². The maximum Gasteiger partial charge on any atom is 0.319 e. The predicted octanol–water partition coefficient (Wildman–Crippen LogP) is 0.879. The first-order chi connectivity index (χ1) is 11.6. The number of hydrogen-bond donors (Lipinski definition) is 5. The molecule has 5 N–H and O–H groups in total. The van der Waals surface area contributed by atoms with Crippen molar-refractivity contribution < 1.29 is 14.7 Å². The van der Waals surface area contributed by atoms with Crippen LogP contribution in [0.5, 0.6) is 0 Å². The zero-order valence-electron chi connectivity index (χ0n) is 14.4. The third-order valence-electron chi connectivity index (χ3n) is 3.98. The molecule has 1 heterocycles. The van der Waals surface area contributed by atoms with Crippen LogP contribution in [-0.2, 0) is 11.2 Å². The van der Waals surface area contributed by atoms with E-state index in [1.807, 2.05) is 19.1 Å². The van der Waals surface area contributed by atoms with Crippen molar-refractivity contribution in [3.8, 4) is 0 Å². The second kappa shape index (κ2) is 10.9. The van der Waals surface area contributed by atoms with Gasteiger partial charge in [-0.25, -0.2) is 4.79 Å². The molecule has 140 valence electrons. The van der Waals surface area contributed by atoms with Crippen molar-refractivity contribution in [3.63, 3.8) is 0 Å². The molecule has 7 nitrogen and oxygen atoms in total. The van der Waals surface area contributed by atoms with Crippen LogP contribution in [-0.4, -0.2) is 49.3 Å². The van der Waals surface area contributed by atoms with E-state index in [2.05, 4.69) is 21.3 Å². The van der Waals surface area contributed by atoms with Gasteiger partial charge in [0.15, 0.2) is 0 Å². The number of nitrogens with one attached hydrogen (secondary N) is 4. The van der Waals surface area contributed by atoms with Gasteiger partial charge >= 0.3 is 6.03 Å². The van der Waals surface area contributed by atoms with E-state index in [-0.39, 0.29) is 36.7 Å². The smallest absolute Gasteiger partial charge is 0.319 e. The molecule has 1 aliphatic rings. The monoisotopic (exact) mass is 370 g/mol. The van der Waals surface area contributed by atoms with Crippen LogP contribution in [0.4, 0.5) is 10.5 Å². The van der Waals surface area contributed by atoms with Crippen molar-refractivity contribution >= 4 is 30.0 Å². The number of urea groups is 1. The molecule has 0 spiro atoms. The van der Waals surface area contributed by atoms with E-state index in [1.54, 1.807) is 12.1 Å². The van der Waals surface area contributed by atoms with Gasteiger partial charge in [-0.3, -0.25) is 4.79 Å². The molecule has 0 aromatic heterocycles. The quantitative estimate of drug-likeness (QED) is 0.491. The summed E-state index contributed by atoms with van der Waals surface area (Å²) in [5, 5.41) is 21.1. The number of aliphatic hydroxyl groups excluding tert-OH is 1. The number of hydrogen-bond acceptors (Lipinski definition) is 4. The summed E-state index contributed by atoms with van der Waals surface area (Å²) in [5.74, 6) is -0.00217. The molecular formula is C17H27ClN4O3. The van der Waals surface area contributed by atoms with Gasteiger partial charge in [0.25, 0.3) is 0 Å². The lowest BCUT2D eigenvalue weighted by molar-refractivity contribution is -0.120. The molecule has 8 heteroatoms. The second-order valence-corrected chi connectivity index (χ2v) is 6.04. The molecule has 2 rings (SSSR count). The van der Waals surface area contributed by atoms with Gasteiger partial charge < -0.3 is 26.4 Å². The summed E-state index contributed by atoms with van der Waals surface area (Å²) in [5.41, 5.74) is 1.56. The fraction of sp³-hybridized carbons (Fsp3) is 0.529. The van der Waals surface area contributed by atoms with E-state index >= 15 is 0 Å². The van der Waals surface area contributed by atoms with Crippen LogP contribution in [0.1, 0.15) is 18.9 Å². The van der Waals surface area contributed by atoms with Crippen LogP contribution in [0.15, 0.2) is 24.3 Å². The molecule has 0 bridgehead atoms. The predicted molar refractivity (Wildman–Crippen MR) is 100 cm³/mol. The molecule has 2 unspecified atom stereocenters. The summed E-state index contributed by atoms with van der Waals surface area (Å²) < 4.78 is 0. The minimum Gasteiger partial charge on any atom is -0.391 e. The summed E-state index contributed by atoms with van der Waals surface area (Å²) in [6.45, 7) is 4.41. The van der Waals surface area contributed by atoms with E-state index in [0.717, 1.165) is 18.5 Å². The number of anilines is 1. The van der Waals surface area contributed by atoms with Gasteiger partial charge in [0.05, 0.1) is 12.5 Å². The fourth-order valence-electron chi connectivity index (χ4n) is 2.54. The number of aliphatic hydroxyl groups is 1. The van der Waals surface area contributed by atoms with Gasteiger partial charge in [-0.15, -0.1) is 12.4 Å². The van der Waals surface area contributed by atoms with Crippen LogP contribution < -0.4 is 21.3 Å². The minimum atomic E-state index is -0.394. The lowest BCUT2D eigenvalue weighted by Gasteiger charge is -2.14. The van der Waals surface area contributed by atoms with Crippen molar-refractivity contribution in [3.05, 3.63) is 29.8 Å². The van der Waals surface area contributed by atoms with E-state index in [1.165, 1.54) is 0 Å². The number of rotatable bonds is 7. The SMILES string of the molecule is CCCNC(=O)Nc1ccc(CC(=O)NCC2CNCC2O)cc1.Cl. The summed E-state index contributed by atoms with van der Waals surface area (Å²) in [6, 6.07) is 6.96. The van der Waals surface area contributed by atoms with E-state index < -0.39 is 6.10 Å². The lowest BCUT2D eigenvalue weighted by Crippen LogP contribution is -2.35. The number of carbonyl (C=O) groups excluding carboxylic acids is 2. The maximum absolute atomic E-state index is 12.0. The second-order valence-electron chi connectivity index (χ2n) is 6.04. The first-order valence-corrected chi connectivity index (χ1v) is 8.37. The molecule has 1 saturated heterocycles. The Hall–Kier alpha value is -1.83. The van der Waals surface area contributed by atoms with Gasteiger partial charge in [-0.05, 0) is 24.1 Å². The topological polar surface area (TPSA) is 102 Å². The normalized spacial score (nSPS) is 19.0. The summed E-state index contributed by atoms with van der Waals surface area (Å²) in [6.07, 6.45) is 0.767. The van der Waals surface area contributed by atoms with Crippen LogP contribution in [0.3, 0.4) is 0 Å². The third kappa shape index (κ3) is 7.29. The highest BCUT2D eigenvalue weighted by Gasteiger charge is 2.24. The highest BCUT2D eigenvalue weighted by molar-refractivity contribution is 5.89. The molecule has 2 atom stereocenters. The van der Waals surface area contributed by atoms with Crippen LogP contribution in [0.2, 0.25) is 0 Å². The molecule has 0 saturated carbocycles. The van der Waals surface area contributed by atoms with Crippen molar-refractivity contribution in [2.45, 2.75) is 25.9 Å². The average molecular weight is 371 g/mol. The van der Waals surface area contributed by atoms with Gasteiger partial charge in [0.2, 0.25) is 5.91 Å². The number of β-amino-alcohol motifs (C(OH)–C–C–N with tert-alkyl or cyclic N) is 1. The first kappa shape index (κ1) is 21.2. The van der Waals surface area contributed by atoms with E-state index in [4.69, 9.17) is 0 Å². The molecule has 25 heavy (non-hydrogen) atoms. The Kier molecular flexibility index (Phi) is 9.26. The van der Waals surface area contributed by atoms with Crippen LogP contribution in [0, 0.1) is 5.92 Å². The molecule has 1 aliphatic heterocycles. The van der Waals surface area contributed by atoms with Crippen molar-refractivity contribution in [2.24, 2.45) is 5.92 Å². The summed E-state index contributed by atoms with van der Waals surface area (Å²) in [7, 11) is 0. The minimum absolute atomic E-state index is 0. The average Bonchev–Trinajstić information content (AvgIpc) is 2.98. The Morgan fingerprint density at radius 2 is 1.92 bits per heavy atom. The Labute approximate surface area is 154 Å². The Balaban J connectivity index is 0.00000312. The zero-order valence-corrected chi connectivity index (χ0v) is 15.2. The molecule has 1 aromatic rings. The molecule has 0 aliphatic carbocycles. The van der Waals surface area contributed by atoms with Gasteiger partial charge in [-0.1, -0.05) is 19.1 Å². The van der Waals surface area contributed by atoms with Crippen molar-refractivity contribution in [2.75, 3.05) is 31.5 Å². The molecular weight excluding hydrogens is 344 g/mol. The van der Waals surface area contributed by atoms with Crippen LogP contribution >= 0.6 is 12.4 Å². The Bertz CT molecular complexity index is 553. The highest BCUT2D eigenvalue weighted by Crippen LogP contribution is 2.11. The van der Waals surface area contributed by atoms with Crippen molar-refractivity contribution in [1.29, 1.82) is 0 Å². The Morgan fingerprint density at radius 1 is 1.20 bits per heavy atom.